The first kappa shape index (κ1) is 13.8. The van der Waals surface area contributed by atoms with Crippen molar-refractivity contribution in [3.63, 3.8) is 0 Å². The van der Waals surface area contributed by atoms with Gasteiger partial charge in [0, 0.05) is 9.75 Å². The lowest BCUT2D eigenvalue weighted by Gasteiger charge is -2.20. The van der Waals surface area contributed by atoms with Crippen molar-refractivity contribution in [2.24, 2.45) is 0 Å². The second kappa shape index (κ2) is 7.10. The van der Waals surface area contributed by atoms with E-state index in [0.29, 0.717) is 6.04 Å². The van der Waals surface area contributed by atoms with Gasteiger partial charge in [-0.25, -0.2) is 0 Å². The summed E-state index contributed by atoms with van der Waals surface area (Å²) in [5, 5.41) is 3.52. The molecule has 1 aliphatic carbocycles. The Morgan fingerprint density at radius 1 is 1.22 bits per heavy atom. The zero-order chi connectivity index (χ0) is 12.8. The minimum atomic E-state index is 0.452. The van der Waals surface area contributed by atoms with Crippen molar-refractivity contribution in [2.75, 3.05) is 7.05 Å². The molecule has 1 aromatic heterocycles. The van der Waals surface area contributed by atoms with E-state index in [4.69, 9.17) is 0 Å². The van der Waals surface area contributed by atoms with Crippen LogP contribution in [0.3, 0.4) is 0 Å². The third-order valence-corrected chi connectivity index (χ3v) is 5.10. The number of thiophene rings is 1. The number of hydrogen-bond acceptors (Lipinski definition) is 2. The molecule has 2 heteroatoms. The molecule has 0 saturated heterocycles. The maximum atomic E-state index is 3.52. The molecule has 1 heterocycles. The molecule has 0 aliphatic heterocycles. The van der Waals surface area contributed by atoms with Crippen LogP contribution in [0.5, 0.6) is 0 Å². The molecule has 1 atom stereocenters. The van der Waals surface area contributed by atoms with Gasteiger partial charge in [-0.15, -0.1) is 11.3 Å². The van der Waals surface area contributed by atoms with Crippen LogP contribution in [0.1, 0.15) is 61.2 Å². The molecule has 2 rings (SSSR count). The van der Waals surface area contributed by atoms with E-state index in [0.717, 1.165) is 6.42 Å². The van der Waals surface area contributed by atoms with Crippen LogP contribution in [0.25, 0.3) is 0 Å². The molecule has 18 heavy (non-hydrogen) atoms. The highest BCUT2D eigenvalue weighted by molar-refractivity contribution is 7.12. The summed E-state index contributed by atoms with van der Waals surface area (Å²) in [5.41, 5.74) is 1.61. The number of allylic oxidation sites excluding steroid dienone is 1. The van der Waals surface area contributed by atoms with Crippen molar-refractivity contribution in [3.05, 3.63) is 33.5 Å². The average molecular weight is 263 g/mol. The molecule has 0 radical (unpaired) electrons. The van der Waals surface area contributed by atoms with Gasteiger partial charge in [-0.2, -0.15) is 0 Å². The first-order chi connectivity index (χ1) is 8.85. The lowest BCUT2D eigenvalue weighted by atomic mass is 9.94. The summed E-state index contributed by atoms with van der Waals surface area (Å²) in [6, 6.07) is 5.05. The standard InChI is InChI=1S/C16H25NS/c1-3-14-11-12-15(18-14)16(17-2)13-9-7-5-4-6-8-10-13/h9,11-12,16-17H,3-8,10H2,1-2H3/b13-9+. The van der Waals surface area contributed by atoms with Crippen molar-refractivity contribution in [2.45, 2.75) is 57.9 Å². The molecule has 0 bridgehead atoms. The van der Waals surface area contributed by atoms with Crippen molar-refractivity contribution >= 4 is 11.3 Å². The van der Waals surface area contributed by atoms with Crippen LogP contribution in [0, 0.1) is 0 Å². The Balaban J connectivity index is 2.15. The van der Waals surface area contributed by atoms with Gasteiger partial charge in [0.1, 0.15) is 0 Å². The highest BCUT2D eigenvalue weighted by atomic mass is 32.1. The molecule has 0 fully saturated rings. The van der Waals surface area contributed by atoms with Gasteiger partial charge in [0.25, 0.3) is 0 Å². The summed E-state index contributed by atoms with van der Waals surface area (Å²) in [6.45, 7) is 2.24. The van der Waals surface area contributed by atoms with Crippen molar-refractivity contribution in [3.8, 4) is 0 Å². The summed E-state index contributed by atoms with van der Waals surface area (Å²) in [6.07, 6.45) is 11.7. The molecule has 1 N–H and O–H groups in total. The zero-order valence-electron chi connectivity index (χ0n) is 11.7. The van der Waals surface area contributed by atoms with Gasteiger partial charge in [-0.1, -0.05) is 31.4 Å². The Hall–Kier alpha value is -0.600. The van der Waals surface area contributed by atoms with E-state index in [1.54, 1.807) is 5.57 Å². The zero-order valence-corrected chi connectivity index (χ0v) is 12.5. The molecular formula is C16H25NS. The van der Waals surface area contributed by atoms with Gasteiger partial charge in [-0.3, -0.25) is 0 Å². The molecular weight excluding hydrogens is 238 g/mol. The van der Waals surface area contributed by atoms with Gasteiger partial charge in [0.2, 0.25) is 0 Å². The molecule has 0 spiro atoms. The SMILES string of the molecule is CCc1ccc(C(NC)/C2=C/CCCCCC2)s1. The topological polar surface area (TPSA) is 12.0 Å². The van der Waals surface area contributed by atoms with Crippen LogP contribution in [0.2, 0.25) is 0 Å². The van der Waals surface area contributed by atoms with Crippen LogP contribution >= 0.6 is 11.3 Å². The minimum absolute atomic E-state index is 0.452. The first-order valence-electron chi connectivity index (χ1n) is 7.30. The quantitative estimate of drug-likeness (QED) is 0.766. The predicted molar refractivity (Wildman–Crippen MR) is 81.3 cm³/mol. The van der Waals surface area contributed by atoms with E-state index < -0.39 is 0 Å². The van der Waals surface area contributed by atoms with Crippen LogP contribution in [-0.2, 0) is 6.42 Å². The number of hydrogen-bond donors (Lipinski definition) is 1. The second-order valence-electron chi connectivity index (χ2n) is 5.11. The Labute approximate surface area is 115 Å². The third kappa shape index (κ3) is 3.46. The van der Waals surface area contributed by atoms with Gasteiger partial charge < -0.3 is 5.32 Å². The van der Waals surface area contributed by atoms with Gasteiger partial charge >= 0.3 is 0 Å². The molecule has 1 aromatic rings. The summed E-state index contributed by atoms with van der Waals surface area (Å²) in [4.78, 5) is 2.98. The average Bonchev–Trinajstić information content (AvgIpc) is 2.81. The highest BCUT2D eigenvalue weighted by Gasteiger charge is 2.17. The fourth-order valence-electron chi connectivity index (χ4n) is 2.73. The van der Waals surface area contributed by atoms with E-state index in [9.17, 15) is 0 Å². The van der Waals surface area contributed by atoms with Crippen molar-refractivity contribution in [1.82, 2.24) is 5.32 Å². The van der Waals surface area contributed by atoms with E-state index in [2.05, 4.69) is 37.5 Å². The molecule has 1 unspecified atom stereocenters. The Kier molecular flexibility index (Phi) is 5.45. The van der Waals surface area contributed by atoms with Gasteiger partial charge in [-0.05, 0) is 51.3 Å². The normalized spacial score (nSPS) is 21.8. The van der Waals surface area contributed by atoms with Crippen molar-refractivity contribution in [1.29, 1.82) is 0 Å². The fourth-order valence-corrected chi connectivity index (χ4v) is 3.84. The third-order valence-electron chi connectivity index (χ3n) is 3.80. The van der Waals surface area contributed by atoms with Crippen LogP contribution in [-0.4, -0.2) is 7.05 Å². The van der Waals surface area contributed by atoms with E-state index in [-0.39, 0.29) is 0 Å². The summed E-state index contributed by atoms with van der Waals surface area (Å²) >= 11 is 1.97. The van der Waals surface area contributed by atoms with Gasteiger partial charge in [0.15, 0.2) is 0 Å². The van der Waals surface area contributed by atoms with Gasteiger partial charge in [0.05, 0.1) is 6.04 Å². The largest absolute Gasteiger partial charge is 0.309 e. The van der Waals surface area contributed by atoms with Crippen LogP contribution in [0.15, 0.2) is 23.8 Å². The monoisotopic (exact) mass is 263 g/mol. The summed E-state index contributed by atoms with van der Waals surface area (Å²) in [5.74, 6) is 0. The highest BCUT2D eigenvalue weighted by Crippen LogP contribution is 2.32. The Bertz CT molecular complexity index is 392. The summed E-state index contributed by atoms with van der Waals surface area (Å²) < 4.78 is 0. The maximum Gasteiger partial charge on any atom is 0.0628 e. The van der Waals surface area contributed by atoms with E-state index in [1.807, 2.05) is 11.3 Å². The first-order valence-corrected chi connectivity index (χ1v) is 8.11. The Morgan fingerprint density at radius 2 is 2.06 bits per heavy atom. The Morgan fingerprint density at radius 3 is 2.78 bits per heavy atom. The van der Waals surface area contributed by atoms with Crippen molar-refractivity contribution < 1.29 is 0 Å². The molecule has 0 saturated carbocycles. The van der Waals surface area contributed by atoms with Crippen LogP contribution < -0.4 is 5.32 Å². The molecule has 100 valence electrons. The molecule has 0 amide bonds. The van der Waals surface area contributed by atoms with Crippen LogP contribution in [0.4, 0.5) is 0 Å². The second-order valence-corrected chi connectivity index (χ2v) is 6.31. The number of likely N-dealkylation sites (N-methyl/N-ethyl adjacent to an activating group) is 1. The fraction of sp³-hybridized carbons (Fsp3) is 0.625. The smallest absolute Gasteiger partial charge is 0.0628 e. The van der Waals surface area contributed by atoms with E-state index >= 15 is 0 Å². The number of aryl methyl sites for hydroxylation is 1. The lowest BCUT2D eigenvalue weighted by molar-refractivity contribution is 0.577. The molecule has 1 nitrogen and oxygen atoms in total. The predicted octanol–water partition coefficient (Wildman–Crippen LogP) is 4.85. The lowest BCUT2D eigenvalue weighted by Crippen LogP contribution is -2.18. The molecule has 0 aromatic carbocycles. The summed E-state index contributed by atoms with van der Waals surface area (Å²) in [7, 11) is 2.09. The minimum Gasteiger partial charge on any atom is -0.309 e. The number of nitrogens with one attached hydrogen (secondary N) is 1. The molecule has 1 aliphatic rings. The van der Waals surface area contributed by atoms with E-state index in [1.165, 1.54) is 48.3 Å². The maximum absolute atomic E-state index is 3.52. The number of rotatable bonds is 4.